The Morgan fingerprint density at radius 3 is 2.82 bits per heavy atom. The van der Waals surface area contributed by atoms with Crippen LogP contribution in [0.15, 0.2) is 38.4 Å². The molecule has 2 aromatic rings. The van der Waals surface area contributed by atoms with Gasteiger partial charge < -0.3 is 9.52 Å². The van der Waals surface area contributed by atoms with Gasteiger partial charge in [-0.3, -0.25) is 14.2 Å². The number of nitrogens with zero attached hydrogens (tertiary/aromatic N) is 2. The molecule has 88 valence electrons. The molecule has 17 heavy (non-hydrogen) atoms. The van der Waals surface area contributed by atoms with E-state index < -0.39 is 18.1 Å². The minimum Gasteiger partial charge on any atom is -0.480 e. The number of furan rings is 1. The molecule has 0 fully saturated rings. The van der Waals surface area contributed by atoms with Gasteiger partial charge in [0, 0.05) is 6.07 Å². The van der Waals surface area contributed by atoms with E-state index in [0.717, 1.165) is 4.57 Å². The summed E-state index contributed by atoms with van der Waals surface area (Å²) in [6.45, 7) is -0.409. The highest BCUT2D eigenvalue weighted by molar-refractivity contribution is 9.10. The molecular weight excluding hydrogens is 292 g/mol. The van der Waals surface area contributed by atoms with E-state index in [-0.39, 0.29) is 0 Å². The number of hydrogen-bond donors (Lipinski definition) is 1. The highest BCUT2D eigenvalue weighted by Gasteiger charge is 2.08. The molecule has 0 spiro atoms. The van der Waals surface area contributed by atoms with Crippen LogP contribution in [-0.4, -0.2) is 20.6 Å². The second-order valence-corrected chi connectivity index (χ2v) is 4.02. The molecule has 0 aliphatic heterocycles. The second-order valence-electron chi connectivity index (χ2n) is 3.24. The number of aliphatic carboxylic acids is 1. The van der Waals surface area contributed by atoms with Gasteiger partial charge in [0.1, 0.15) is 12.2 Å². The first kappa shape index (κ1) is 11.6. The van der Waals surface area contributed by atoms with Crippen molar-refractivity contribution in [3.63, 3.8) is 0 Å². The molecule has 0 unspecified atom stereocenters. The van der Waals surface area contributed by atoms with Gasteiger partial charge in [0.25, 0.3) is 5.56 Å². The summed E-state index contributed by atoms with van der Waals surface area (Å²) >= 11 is 3.14. The van der Waals surface area contributed by atoms with Crippen LogP contribution in [0.3, 0.4) is 0 Å². The SMILES string of the molecule is O=C(O)Cn1cnc(-c2ccc(Br)o2)cc1=O. The molecule has 0 amide bonds. The predicted molar refractivity (Wildman–Crippen MR) is 61.5 cm³/mol. The molecule has 0 aliphatic carbocycles. The van der Waals surface area contributed by atoms with Gasteiger partial charge in [-0.2, -0.15) is 0 Å². The number of carboxylic acid groups (broad SMARTS) is 1. The fourth-order valence-electron chi connectivity index (χ4n) is 1.28. The first-order valence-corrected chi connectivity index (χ1v) is 5.39. The van der Waals surface area contributed by atoms with Crippen molar-refractivity contribution >= 4 is 21.9 Å². The van der Waals surface area contributed by atoms with Gasteiger partial charge in [-0.25, -0.2) is 4.98 Å². The maximum Gasteiger partial charge on any atom is 0.323 e. The predicted octanol–water partition coefficient (Wildman–Crippen LogP) is 1.35. The van der Waals surface area contributed by atoms with Gasteiger partial charge in [0.2, 0.25) is 0 Å². The van der Waals surface area contributed by atoms with Crippen LogP contribution in [0.2, 0.25) is 0 Å². The Morgan fingerprint density at radius 2 is 2.29 bits per heavy atom. The third kappa shape index (κ3) is 2.62. The fraction of sp³-hybridized carbons (Fsp3) is 0.100. The van der Waals surface area contributed by atoms with Crippen LogP contribution < -0.4 is 5.56 Å². The Balaban J connectivity index is 2.37. The fourth-order valence-corrected chi connectivity index (χ4v) is 1.58. The van der Waals surface area contributed by atoms with E-state index in [2.05, 4.69) is 20.9 Å². The number of halogens is 1. The van der Waals surface area contributed by atoms with Crippen molar-refractivity contribution in [3.05, 3.63) is 39.5 Å². The van der Waals surface area contributed by atoms with Crippen LogP contribution in [-0.2, 0) is 11.3 Å². The number of aromatic nitrogens is 2. The van der Waals surface area contributed by atoms with Crippen LogP contribution in [0.5, 0.6) is 0 Å². The van der Waals surface area contributed by atoms with Crippen molar-refractivity contribution in [2.45, 2.75) is 6.54 Å². The maximum absolute atomic E-state index is 11.6. The van der Waals surface area contributed by atoms with Crippen LogP contribution in [0, 0.1) is 0 Å². The van der Waals surface area contributed by atoms with Crippen molar-refractivity contribution in [1.29, 1.82) is 0 Å². The lowest BCUT2D eigenvalue weighted by molar-refractivity contribution is -0.137. The van der Waals surface area contributed by atoms with Crippen molar-refractivity contribution in [2.75, 3.05) is 0 Å². The monoisotopic (exact) mass is 298 g/mol. The van der Waals surface area contributed by atoms with E-state index in [0.29, 0.717) is 16.1 Å². The summed E-state index contributed by atoms with van der Waals surface area (Å²) in [6, 6.07) is 4.57. The molecule has 7 heteroatoms. The summed E-state index contributed by atoms with van der Waals surface area (Å²) in [5.74, 6) is -0.654. The molecule has 0 saturated carbocycles. The maximum atomic E-state index is 11.6. The van der Waals surface area contributed by atoms with E-state index in [1.54, 1.807) is 12.1 Å². The summed E-state index contributed by atoms with van der Waals surface area (Å²) in [5.41, 5.74) is -0.0766. The summed E-state index contributed by atoms with van der Waals surface area (Å²) in [7, 11) is 0. The first-order chi connectivity index (χ1) is 8.06. The third-order valence-corrected chi connectivity index (χ3v) is 2.44. The topological polar surface area (TPSA) is 85.3 Å². The van der Waals surface area contributed by atoms with Crippen LogP contribution in [0.25, 0.3) is 11.5 Å². The number of carboxylic acids is 1. The van der Waals surface area contributed by atoms with Crippen LogP contribution >= 0.6 is 15.9 Å². The molecular formula is C10H7BrN2O4. The molecule has 2 rings (SSSR count). The number of rotatable bonds is 3. The molecule has 2 aromatic heterocycles. The quantitative estimate of drug-likeness (QED) is 0.924. The second kappa shape index (κ2) is 4.54. The Bertz CT molecular complexity index is 617. The lowest BCUT2D eigenvalue weighted by Crippen LogP contribution is -2.23. The van der Waals surface area contributed by atoms with Crippen molar-refractivity contribution in [3.8, 4) is 11.5 Å². The van der Waals surface area contributed by atoms with Crippen LogP contribution in [0.1, 0.15) is 0 Å². The number of hydrogen-bond acceptors (Lipinski definition) is 4. The average Bonchev–Trinajstić information content (AvgIpc) is 2.67. The van der Waals surface area contributed by atoms with Gasteiger partial charge in [-0.1, -0.05) is 0 Å². The Kier molecular flexibility index (Phi) is 3.10. The van der Waals surface area contributed by atoms with Gasteiger partial charge >= 0.3 is 5.97 Å². The molecule has 0 atom stereocenters. The number of carbonyl (C=O) groups is 1. The molecule has 0 bridgehead atoms. The zero-order chi connectivity index (χ0) is 12.4. The smallest absolute Gasteiger partial charge is 0.323 e. The van der Waals surface area contributed by atoms with Crippen molar-refractivity contribution in [1.82, 2.24) is 9.55 Å². The molecule has 0 saturated heterocycles. The lowest BCUT2D eigenvalue weighted by atomic mass is 10.3. The normalized spacial score (nSPS) is 10.4. The zero-order valence-electron chi connectivity index (χ0n) is 8.46. The summed E-state index contributed by atoms with van der Waals surface area (Å²) in [5, 5.41) is 8.57. The highest BCUT2D eigenvalue weighted by Crippen LogP contribution is 2.21. The van der Waals surface area contributed by atoms with Gasteiger partial charge in [0.15, 0.2) is 10.4 Å². The first-order valence-electron chi connectivity index (χ1n) is 4.60. The van der Waals surface area contributed by atoms with E-state index in [1.165, 1.54) is 12.4 Å². The average molecular weight is 299 g/mol. The van der Waals surface area contributed by atoms with Crippen LogP contribution in [0.4, 0.5) is 0 Å². The van der Waals surface area contributed by atoms with E-state index in [9.17, 15) is 9.59 Å². The molecule has 0 aromatic carbocycles. The minimum absolute atomic E-state index is 0.363. The zero-order valence-corrected chi connectivity index (χ0v) is 10.0. The minimum atomic E-state index is -1.10. The molecule has 1 N–H and O–H groups in total. The van der Waals surface area contributed by atoms with Gasteiger partial charge in [-0.05, 0) is 28.1 Å². The van der Waals surface area contributed by atoms with Crippen molar-refractivity contribution < 1.29 is 14.3 Å². The largest absolute Gasteiger partial charge is 0.480 e. The van der Waals surface area contributed by atoms with Gasteiger partial charge in [0.05, 0.1) is 6.33 Å². The van der Waals surface area contributed by atoms with E-state index in [4.69, 9.17) is 9.52 Å². The molecule has 0 aliphatic rings. The van der Waals surface area contributed by atoms with Crippen molar-refractivity contribution in [2.24, 2.45) is 0 Å². The standard InChI is InChI=1S/C10H7BrN2O4/c11-8-2-1-7(17-8)6-3-9(14)13(5-12-6)4-10(15)16/h1-3,5H,4H2,(H,15,16). The van der Waals surface area contributed by atoms with E-state index >= 15 is 0 Å². The Labute approximate surface area is 104 Å². The third-order valence-electron chi connectivity index (χ3n) is 2.01. The lowest BCUT2D eigenvalue weighted by Gasteiger charge is -2.01. The summed E-state index contributed by atoms with van der Waals surface area (Å²) in [6.07, 6.45) is 1.18. The Hall–Kier alpha value is -1.89. The summed E-state index contributed by atoms with van der Waals surface area (Å²) < 4.78 is 6.77. The van der Waals surface area contributed by atoms with E-state index in [1.807, 2.05) is 0 Å². The Morgan fingerprint density at radius 1 is 1.53 bits per heavy atom. The molecule has 6 nitrogen and oxygen atoms in total. The highest BCUT2D eigenvalue weighted by atomic mass is 79.9. The summed E-state index contributed by atoms with van der Waals surface area (Å²) in [4.78, 5) is 26.0. The van der Waals surface area contributed by atoms with Gasteiger partial charge in [-0.15, -0.1) is 0 Å². The molecule has 0 radical (unpaired) electrons. The molecule has 2 heterocycles.